The minimum atomic E-state index is -0.0871. The quantitative estimate of drug-likeness (QED) is 0.765. The number of carbonyl (C=O) groups is 1. The molecule has 0 aromatic heterocycles. The van der Waals surface area contributed by atoms with E-state index in [-0.39, 0.29) is 11.9 Å². The Hall–Kier alpha value is -0.570. The molecule has 1 aliphatic carbocycles. The van der Waals surface area contributed by atoms with Gasteiger partial charge in [0.15, 0.2) is 0 Å². The maximum atomic E-state index is 12.1. The van der Waals surface area contributed by atoms with Crippen LogP contribution in [-0.4, -0.2) is 24.0 Å². The van der Waals surface area contributed by atoms with Crippen LogP contribution in [0.3, 0.4) is 0 Å². The fraction of sp³-hybridized carbons (Fsp3) is 0.933. The van der Waals surface area contributed by atoms with Crippen LogP contribution in [0.5, 0.6) is 0 Å². The first-order valence-corrected chi connectivity index (χ1v) is 7.61. The van der Waals surface area contributed by atoms with E-state index in [1.54, 1.807) is 0 Å². The zero-order valence-corrected chi connectivity index (χ0v) is 12.5. The summed E-state index contributed by atoms with van der Waals surface area (Å²) in [6.45, 7) is 8.55. The van der Waals surface area contributed by atoms with Crippen LogP contribution in [0.1, 0.15) is 66.2 Å². The topological polar surface area (TPSA) is 41.1 Å². The zero-order chi connectivity index (χ0) is 13.5. The van der Waals surface area contributed by atoms with E-state index >= 15 is 0 Å². The largest absolute Gasteiger partial charge is 0.352 e. The Morgan fingerprint density at radius 3 is 2.33 bits per heavy atom. The second kappa shape index (κ2) is 7.78. The molecule has 3 nitrogen and oxygen atoms in total. The van der Waals surface area contributed by atoms with Gasteiger partial charge in [-0.15, -0.1) is 0 Å². The van der Waals surface area contributed by atoms with Crippen LogP contribution < -0.4 is 10.6 Å². The smallest absolute Gasteiger partial charge is 0.237 e. The van der Waals surface area contributed by atoms with Crippen molar-refractivity contribution in [3.05, 3.63) is 0 Å². The van der Waals surface area contributed by atoms with Gasteiger partial charge in [0, 0.05) is 12.1 Å². The molecule has 1 amide bonds. The van der Waals surface area contributed by atoms with Gasteiger partial charge in [-0.25, -0.2) is 0 Å². The van der Waals surface area contributed by atoms with Crippen molar-refractivity contribution in [2.24, 2.45) is 5.92 Å². The normalized spacial score (nSPS) is 22.2. The molecule has 0 aromatic carbocycles. The molecule has 3 unspecified atom stereocenters. The highest BCUT2D eigenvalue weighted by molar-refractivity contribution is 5.81. The average molecular weight is 254 g/mol. The molecule has 0 aliphatic heterocycles. The van der Waals surface area contributed by atoms with E-state index in [9.17, 15) is 4.79 Å². The van der Waals surface area contributed by atoms with Crippen molar-refractivity contribution >= 4 is 5.91 Å². The molecular formula is C15H30N2O. The van der Waals surface area contributed by atoms with Gasteiger partial charge in [-0.1, -0.05) is 39.5 Å². The molecule has 0 radical (unpaired) electrons. The minimum Gasteiger partial charge on any atom is -0.352 e. The van der Waals surface area contributed by atoms with Crippen LogP contribution in [0.25, 0.3) is 0 Å². The molecule has 1 aliphatic rings. The third-order valence-corrected chi connectivity index (χ3v) is 4.36. The van der Waals surface area contributed by atoms with E-state index in [0.29, 0.717) is 18.0 Å². The van der Waals surface area contributed by atoms with Crippen LogP contribution in [0.2, 0.25) is 0 Å². The monoisotopic (exact) mass is 254 g/mol. The van der Waals surface area contributed by atoms with Gasteiger partial charge in [0.25, 0.3) is 0 Å². The molecule has 0 spiro atoms. The molecular weight excluding hydrogens is 224 g/mol. The summed E-state index contributed by atoms with van der Waals surface area (Å²) in [7, 11) is 0. The zero-order valence-electron chi connectivity index (χ0n) is 12.5. The van der Waals surface area contributed by atoms with Gasteiger partial charge in [-0.3, -0.25) is 4.79 Å². The number of carbonyl (C=O) groups excluding carboxylic acids is 1. The Morgan fingerprint density at radius 2 is 1.78 bits per heavy atom. The summed E-state index contributed by atoms with van der Waals surface area (Å²) in [5.41, 5.74) is 0. The molecule has 0 aromatic rings. The van der Waals surface area contributed by atoms with E-state index in [2.05, 4.69) is 31.4 Å². The van der Waals surface area contributed by atoms with E-state index < -0.39 is 0 Å². The van der Waals surface area contributed by atoms with Crippen molar-refractivity contribution in [1.82, 2.24) is 10.6 Å². The number of amides is 1. The van der Waals surface area contributed by atoms with Gasteiger partial charge in [0.05, 0.1) is 6.04 Å². The van der Waals surface area contributed by atoms with Gasteiger partial charge in [0.1, 0.15) is 0 Å². The summed E-state index contributed by atoms with van der Waals surface area (Å²) in [6.07, 6.45) is 7.29. The van der Waals surface area contributed by atoms with Gasteiger partial charge in [-0.05, 0) is 32.6 Å². The summed E-state index contributed by atoms with van der Waals surface area (Å²) >= 11 is 0. The van der Waals surface area contributed by atoms with Crippen molar-refractivity contribution in [3.8, 4) is 0 Å². The SMILES string of the molecule is CCC(C)C(C)NC(C)C(=O)NC1CCCCC1. The standard InChI is InChI=1S/C15H30N2O/c1-5-11(2)12(3)16-13(4)15(18)17-14-9-7-6-8-10-14/h11-14,16H,5-10H2,1-4H3,(H,17,18). The van der Waals surface area contributed by atoms with Crippen LogP contribution >= 0.6 is 0 Å². The first-order chi connectivity index (χ1) is 8.54. The molecule has 106 valence electrons. The highest BCUT2D eigenvalue weighted by Gasteiger charge is 2.21. The number of nitrogens with one attached hydrogen (secondary N) is 2. The lowest BCUT2D eigenvalue weighted by Crippen LogP contribution is -2.50. The summed E-state index contributed by atoms with van der Waals surface area (Å²) in [5.74, 6) is 0.770. The number of hydrogen-bond acceptors (Lipinski definition) is 2. The lowest BCUT2D eigenvalue weighted by atomic mass is 9.95. The Morgan fingerprint density at radius 1 is 1.17 bits per heavy atom. The van der Waals surface area contributed by atoms with Crippen molar-refractivity contribution in [1.29, 1.82) is 0 Å². The highest BCUT2D eigenvalue weighted by Crippen LogP contribution is 2.17. The van der Waals surface area contributed by atoms with Gasteiger partial charge < -0.3 is 10.6 Å². The van der Waals surface area contributed by atoms with Crippen molar-refractivity contribution in [2.75, 3.05) is 0 Å². The average Bonchev–Trinajstić information content (AvgIpc) is 2.38. The fourth-order valence-corrected chi connectivity index (χ4v) is 2.56. The summed E-state index contributed by atoms with van der Waals surface area (Å²) in [4.78, 5) is 12.1. The molecule has 3 heteroatoms. The van der Waals surface area contributed by atoms with Crippen molar-refractivity contribution in [3.63, 3.8) is 0 Å². The van der Waals surface area contributed by atoms with E-state index in [1.165, 1.54) is 19.3 Å². The summed E-state index contributed by atoms with van der Waals surface area (Å²) in [6, 6.07) is 0.715. The van der Waals surface area contributed by atoms with Gasteiger partial charge in [-0.2, -0.15) is 0 Å². The van der Waals surface area contributed by atoms with E-state index in [4.69, 9.17) is 0 Å². The summed E-state index contributed by atoms with van der Waals surface area (Å²) < 4.78 is 0. The van der Waals surface area contributed by atoms with Gasteiger partial charge in [0.2, 0.25) is 5.91 Å². The maximum Gasteiger partial charge on any atom is 0.237 e. The lowest BCUT2D eigenvalue weighted by molar-refractivity contribution is -0.123. The number of hydrogen-bond donors (Lipinski definition) is 2. The Balaban J connectivity index is 2.31. The highest BCUT2D eigenvalue weighted by atomic mass is 16.2. The predicted octanol–water partition coefficient (Wildman–Crippen LogP) is 2.85. The molecule has 1 rings (SSSR count). The van der Waals surface area contributed by atoms with Crippen LogP contribution in [-0.2, 0) is 4.79 Å². The molecule has 0 saturated heterocycles. The summed E-state index contributed by atoms with van der Waals surface area (Å²) in [5, 5.41) is 6.59. The van der Waals surface area contributed by atoms with E-state index in [0.717, 1.165) is 19.3 Å². The second-order valence-corrected chi connectivity index (χ2v) is 5.91. The molecule has 0 heterocycles. The third-order valence-electron chi connectivity index (χ3n) is 4.36. The Labute approximate surface area is 112 Å². The third kappa shape index (κ3) is 4.97. The Kier molecular flexibility index (Phi) is 6.69. The molecule has 18 heavy (non-hydrogen) atoms. The van der Waals surface area contributed by atoms with Crippen LogP contribution in [0.4, 0.5) is 0 Å². The second-order valence-electron chi connectivity index (χ2n) is 5.91. The molecule has 1 saturated carbocycles. The van der Waals surface area contributed by atoms with Crippen molar-refractivity contribution in [2.45, 2.75) is 84.3 Å². The first-order valence-electron chi connectivity index (χ1n) is 7.61. The van der Waals surface area contributed by atoms with Crippen LogP contribution in [0, 0.1) is 5.92 Å². The molecule has 2 N–H and O–H groups in total. The minimum absolute atomic E-state index is 0.0871. The van der Waals surface area contributed by atoms with E-state index in [1.807, 2.05) is 6.92 Å². The Bertz CT molecular complexity index is 249. The molecule has 0 bridgehead atoms. The van der Waals surface area contributed by atoms with Crippen LogP contribution in [0.15, 0.2) is 0 Å². The first kappa shape index (κ1) is 15.5. The maximum absolute atomic E-state index is 12.1. The number of rotatable bonds is 6. The predicted molar refractivity (Wildman–Crippen MR) is 76.5 cm³/mol. The van der Waals surface area contributed by atoms with Crippen molar-refractivity contribution < 1.29 is 4.79 Å². The fourth-order valence-electron chi connectivity index (χ4n) is 2.56. The molecule has 3 atom stereocenters. The molecule has 1 fully saturated rings. The lowest BCUT2D eigenvalue weighted by Gasteiger charge is -2.27. The van der Waals surface area contributed by atoms with Gasteiger partial charge >= 0.3 is 0 Å².